The third-order valence-electron chi connectivity index (χ3n) is 4.97. The van der Waals surface area contributed by atoms with Gasteiger partial charge in [0, 0.05) is 37.0 Å². The van der Waals surface area contributed by atoms with Crippen LogP contribution in [-0.2, 0) is 0 Å². The number of nitrogens with two attached hydrogens (primary N) is 1. The molecule has 0 radical (unpaired) electrons. The van der Waals surface area contributed by atoms with E-state index in [9.17, 15) is 14.9 Å². The Bertz CT molecular complexity index is 605. The monoisotopic (exact) mass is 318 g/mol. The third-order valence-corrected chi connectivity index (χ3v) is 4.97. The number of carbonyl (C=O) groups excluding carboxylic acids is 1. The number of likely N-dealkylation sites (tertiary alicyclic amines) is 1. The number of hydrogen-bond donors (Lipinski definition) is 2. The van der Waals surface area contributed by atoms with Gasteiger partial charge >= 0.3 is 0 Å². The molecule has 7 heteroatoms. The van der Waals surface area contributed by atoms with Gasteiger partial charge in [0.25, 0.3) is 11.6 Å². The summed E-state index contributed by atoms with van der Waals surface area (Å²) in [5, 5.41) is 14.4. The molecule has 0 spiro atoms. The van der Waals surface area contributed by atoms with Gasteiger partial charge in [0.05, 0.1) is 10.5 Å². The number of nitrogen functional groups attached to an aromatic ring is 1. The normalized spacial score (nSPS) is 22.3. The Kier molecular flexibility index (Phi) is 4.47. The van der Waals surface area contributed by atoms with Crippen molar-refractivity contribution >= 4 is 17.3 Å². The fraction of sp³-hybridized carbons (Fsp3) is 0.562. The summed E-state index contributed by atoms with van der Waals surface area (Å²) in [7, 11) is 0. The predicted octanol–water partition coefficient (Wildman–Crippen LogP) is 1.78. The zero-order chi connectivity index (χ0) is 16.4. The fourth-order valence-corrected chi connectivity index (χ4v) is 3.63. The van der Waals surface area contributed by atoms with Gasteiger partial charge in [0.15, 0.2) is 0 Å². The molecule has 3 rings (SSSR count). The van der Waals surface area contributed by atoms with Gasteiger partial charge in [0.1, 0.15) is 0 Å². The quantitative estimate of drug-likeness (QED) is 0.502. The van der Waals surface area contributed by atoms with E-state index in [4.69, 9.17) is 5.73 Å². The second-order valence-corrected chi connectivity index (χ2v) is 6.36. The molecule has 1 unspecified atom stereocenters. The van der Waals surface area contributed by atoms with Crippen LogP contribution >= 0.6 is 0 Å². The minimum Gasteiger partial charge on any atom is -0.398 e. The highest BCUT2D eigenvalue weighted by Gasteiger charge is 2.31. The first-order chi connectivity index (χ1) is 11.1. The van der Waals surface area contributed by atoms with Crippen molar-refractivity contribution in [2.75, 3.05) is 25.4 Å². The van der Waals surface area contributed by atoms with Crippen molar-refractivity contribution in [3.8, 4) is 0 Å². The lowest BCUT2D eigenvalue weighted by Gasteiger charge is -2.35. The summed E-state index contributed by atoms with van der Waals surface area (Å²) in [6.07, 6.45) is 4.39. The summed E-state index contributed by atoms with van der Waals surface area (Å²) < 4.78 is 0. The Morgan fingerprint density at radius 2 is 2.04 bits per heavy atom. The highest BCUT2D eigenvalue weighted by Crippen LogP contribution is 2.28. The number of benzene rings is 1. The van der Waals surface area contributed by atoms with Gasteiger partial charge < -0.3 is 16.0 Å². The number of nitro benzene ring substituents is 1. The van der Waals surface area contributed by atoms with Crippen molar-refractivity contribution in [1.82, 2.24) is 10.2 Å². The number of rotatable bonds is 3. The minimum absolute atomic E-state index is 0.104. The van der Waals surface area contributed by atoms with Crippen LogP contribution < -0.4 is 11.1 Å². The van der Waals surface area contributed by atoms with Crippen molar-refractivity contribution in [3.63, 3.8) is 0 Å². The predicted molar refractivity (Wildman–Crippen MR) is 87.2 cm³/mol. The van der Waals surface area contributed by atoms with E-state index < -0.39 is 4.92 Å². The zero-order valence-corrected chi connectivity index (χ0v) is 13.0. The molecule has 1 aromatic carbocycles. The molecular formula is C16H22N4O3. The number of nitrogens with zero attached hydrogens (tertiary/aromatic N) is 2. The molecule has 0 bridgehead atoms. The maximum absolute atomic E-state index is 12.6. The topological polar surface area (TPSA) is 101 Å². The van der Waals surface area contributed by atoms with Crippen LogP contribution in [0.25, 0.3) is 0 Å². The molecule has 124 valence electrons. The van der Waals surface area contributed by atoms with Crippen molar-refractivity contribution in [1.29, 1.82) is 0 Å². The van der Waals surface area contributed by atoms with Crippen molar-refractivity contribution in [2.45, 2.75) is 31.7 Å². The molecule has 3 N–H and O–H groups in total. The van der Waals surface area contributed by atoms with Gasteiger partial charge in [-0.05, 0) is 44.2 Å². The van der Waals surface area contributed by atoms with E-state index in [1.807, 2.05) is 0 Å². The van der Waals surface area contributed by atoms with E-state index >= 15 is 0 Å². The summed E-state index contributed by atoms with van der Waals surface area (Å²) in [4.78, 5) is 24.8. The summed E-state index contributed by atoms with van der Waals surface area (Å²) in [6.45, 7) is 2.46. The van der Waals surface area contributed by atoms with Gasteiger partial charge in [-0.25, -0.2) is 0 Å². The Labute approximate surface area is 135 Å². The van der Waals surface area contributed by atoms with Crippen molar-refractivity contribution < 1.29 is 9.72 Å². The number of nitro groups is 1. The molecule has 1 atom stereocenters. The van der Waals surface area contributed by atoms with Gasteiger partial charge in [-0.3, -0.25) is 14.9 Å². The first-order valence-electron chi connectivity index (χ1n) is 8.13. The molecule has 2 aliphatic heterocycles. The lowest BCUT2D eigenvalue weighted by Crippen LogP contribution is -2.43. The molecular weight excluding hydrogens is 296 g/mol. The Morgan fingerprint density at radius 1 is 1.30 bits per heavy atom. The van der Waals surface area contributed by atoms with E-state index in [2.05, 4.69) is 5.32 Å². The molecule has 7 nitrogen and oxygen atoms in total. The maximum atomic E-state index is 12.6. The molecule has 0 aliphatic carbocycles. The fourth-order valence-electron chi connectivity index (χ4n) is 3.63. The standard InChI is InChI=1S/C16H22N4O3/c17-14-4-3-12(20(22)23)10-13(14)16(21)19-8-5-11(6-9-19)15-2-1-7-18-15/h3-4,10-11,15,18H,1-2,5-9,17H2. The summed E-state index contributed by atoms with van der Waals surface area (Å²) in [5.41, 5.74) is 6.26. The second-order valence-electron chi connectivity index (χ2n) is 6.36. The van der Waals surface area contributed by atoms with E-state index in [1.54, 1.807) is 4.90 Å². The highest BCUT2D eigenvalue weighted by atomic mass is 16.6. The number of hydrogen-bond acceptors (Lipinski definition) is 5. The van der Waals surface area contributed by atoms with Crippen LogP contribution in [-0.4, -0.2) is 41.4 Å². The largest absolute Gasteiger partial charge is 0.398 e. The number of piperidine rings is 1. The Balaban J connectivity index is 1.67. The molecule has 0 saturated carbocycles. The van der Waals surface area contributed by atoms with Gasteiger partial charge in [-0.2, -0.15) is 0 Å². The molecule has 1 aromatic rings. The molecule has 2 heterocycles. The second kappa shape index (κ2) is 6.54. The maximum Gasteiger partial charge on any atom is 0.270 e. The van der Waals surface area contributed by atoms with E-state index in [0.717, 1.165) is 19.4 Å². The van der Waals surface area contributed by atoms with Crippen LogP contribution in [0.5, 0.6) is 0 Å². The lowest BCUT2D eigenvalue weighted by atomic mass is 9.88. The van der Waals surface area contributed by atoms with Gasteiger partial charge in [-0.1, -0.05) is 0 Å². The van der Waals surface area contributed by atoms with E-state index in [1.165, 1.54) is 31.0 Å². The van der Waals surface area contributed by atoms with Crippen LogP contribution in [0.4, 0.5) is 11.4 Å². The first-order valence-corrected chi connectivity index (χ1v) is 8.13. The molecule has 2 aliphatic rings. The number of carbonyl (C=O) groups is 1. The van der Waals surface area contributed by atoms with Crippen LogP contribution in [0.15, 0.2) is 18.2 Å². The number of amides is 1. The van der Waals surface area contributed by atoms with Crippen molar-refractivity contribution in [2.24, 2.45) is 5.92 Å². The zero-order valence-electron chi connectivity index (χ0n) is 13.0. The van der Waals surface area contributed by atoms with Crippen LogP contribution in [0.1, 0.15) is 36.0 Å². The van der Waals surface area contributed by atoms with Crippen LogP contribution in [0.3, 0.4) is 0 Å². The van der Waals surface area contributed by atoms with E-state index in [0.29, 0.717) is 30.7 Å². The highest BCUT2D eigenvalue weighted by molar-refractivity contribution is 5.99. The number of anilines is 1. The summed E-state index contributed by atoms with van der Waals surface area (Å²) >= 11 is 0. The Hall–Kier alpha value is -2.15. The molecule has 1 amide bonds. The van der Waals surface area contributed by atoms with E-state index in [-0.39, 0.29) is 17.2 Å². The van der Waals surface area contributed by atoms with Gasteiger partial charge in [0.2, 0.25) is 0 Å². The van der Waals surface area contributed by atoms with Crippen molar-refractivity contribution in [3.05, 3.63) is 33.9 Å². The molecule has 0 aromatic heterocycles. The lowest BCUT2D eigenvalue weighted by molar-refractivity contribution is -0.384. The summed E-state index contributed by atoms with van der Waals surface area (Å²) in [6, 6.07) is 4.61. The SMILES string of the molecule is Nc1ccc([N+](=O)[O-])cc1C(=O)N1CCC(C2CCCN2)CC1. The Morgan fingerprint density at radius 3 is 2.65 bits per heavy atom. The molecule has 23 heavy (non-hydrogen) atoms. The number of nitrogens with one attached hydrogen (secondary N) is 1. The molecule has 2 fully saturated rings. The third kappa shape index (κ3) is 3.29. The summed E-state index contributed by atoms with van der Waals surface area (Å²) in [5.74, 6) is 0.410. The first kappa shape index (κ1) is 15.7. The van der Waals surface area contributed by atoms with Crippen LogP contribution in [0, 0.1) is 16.0 Å². The molecule has 2 saturated heterocycles. The van der Waals surface area contributed by atoms with Gasteiger partial charge in [-0.15, -0.1) is 0 Å². The average molecular weight is 318 g/mol. The number of non-ortho nitro benzene ring substituents is 1. The van der Waals surface area contributed by atoms with Crippen LogP contribution in [0.2, 0.25) is 0 Å². The average Bonchev–Trinajstić information content (AvgIpc) is 3.09. The minimum atomic E-state index is -0.506. The smallest absolute Gasteiger partial charge is 0.270 e.